The molecule has 0 saturated heterocycles. The molecule has 1 aromatic rings. The van der Waals surface area contributed by atoms with Crippen molar-refractivity contribution in [3.05, 3.63) is 5.69 Å². The Morgan fingerprint density at radius 3 is 2.77 bits per heavy atom. The molecule has 0 fully saturated rings. The molecule has 0 bridgehead atoms. The number of carbonyl (C=O) groups is 1. The Morgan fingerprint density at radius 2 is 2.38 bits per heavy atom. The summed E-state index contributed by atoms with van der Waals surface area (Å²) >= 11 is 2.60. The molecule has 4 nitrogen and oxygen atoms in total. The van der Waals surface area contributed by atoms with E-state index in [0.717, 1.165) is 9.90 Å². The van der Waals surface area contributed by atoms with Gasteiger partial charge in [-0.05, 0) is 13.8 Å². The molecule has 6 heteroatoms. The average molecular weight is 218 g/mol. The van der Waals surface area contributed by atoms with Crippen LogP contribution in [0.5, 0.6) is 0 Å². The molecule has 0 spiro atoms. The van der Waals surface area contributed by atoms with Crippen LogP contribution in [0.15, 0.2) is 4.21 Å². The van der Waals surface area contributed by atoms with Crippen molar-refractivity contribution in [1.82, 2.24) is 4.98 Å². The van der Waals surface area contributed by atoms with Crippen LogP contribution in [0.4, 0.5) is 5.13 Å². The molecule has 1 unspecified atom stereocenters. The summed E-state index contributed by atoms with van der Waals surface area (Å²) in [6.07, 6.45) is 0. The number of hydrogen-bond donors (Lipinski definition) is 2. The summed E-state index contributed by atoms with van der Waals surface area (Å²) in [6.45, 7) is 3.46. The molecule has 0 aliphatic carbocycles. The van der Waals surface area contributed by atoms with Gasteiger partial charge in [0, 0.05) is 0 Å². The van der Waals surface area contributed by atoms with E-state index in [1.54, 1.807) is 6.92 Å². The summed E-state index contributed by atoms with van der Waals surface area (Å²) < 4.78 is 0.882. The highest BCUT2D eigenvalue weighted by atomic mass is 32.2. The molecule has 3 N–H and O–H groups in total. The number of hydrogen-bond acceptors (Lipinski definition) is 5. The van der Waals surface area contributed by atoms with Crippen LogP contribution in [0.1, 0.15) is 12.6 Å². The second-order valence-corrected chi connectivity index (χ2v) is 5.16. The van der Waals surface area contributed by atoms with E-state index in [2.05, 4.69) is 4.98 Å². The maximum Gasteiger partial charge on any atom is 0.316 e. The van der Waals surface area contributed by atoms with Gasteiger partial charge in [-0.2, -0.15) is 0 Å². The predicted molar refractivity (Wildman–Crippen MR) is 54.2 cm³/mol. The van der Waals surface area contributed by atoms with Crippen molar-refractivity contribution in [3.8, 4) is 0 Å². The summed E-state index contributed by atoms with van der Waals surface area (Å²) in [6, 6.07) is 0. The van der Waals surface area contributed by atoms with Gasteiger partial charge in [0.25, 0.3) is 0 Å². The number of aromatic nitrogens is 1. The average Bonchev–Trinajstić information content (AvgIpc) is 2.30. The molecule has 13 heavy (non-hydrogen) atoms. The lowest BCUT2D eigenvalue weighted by Crippen LogP contribution is -2.10. The quantitative estimate of drug-likeness (QED) is 0.754. The second kappa shape index (κ2) is 3.97. The van der Waals surface area contributed by atoms with Gasteiger partial charge in [0.1, 0.15) is 5.25 Å². The maximum absolute atomic E-state index is 10.6. The Morgan fingerprint density at radius 1 is 1.77 bits per heavy atom. The highest BCUT2D eigenvalue weighted by Crippen LogP contribution is 2.33. The number of rotatable bonds is 3. The first-order valence-corrected chi connectivity index (χ1v) is 5.32. The monoisotopic (exact) mass is 218 g/mol. The van der Waals surface area contributed by atoms with Crippen LogP contribution in [0.3, 0.4) is 0 Å². The first kappa shape index (κ1) is 10.3. The van der Waals surface area contributed by atoms with Crippen molar-refractivity contribution in [1.29, 1.82) is 0 Å². The molecule has 0 amide bonds. The number of nitrogens with zero attached hydrogens (tertiary/aromatic N) is 1. The molecule has 1 atom stereocenters. The standard InChI is InChI=1S/C7H10N2O2S2/c1-3-6(13-7(8)9-3)12-4(2)5(10)11/h4H,1-2H3,(H2,8,9)(H,10,11). The summed E-state index contributed by atoms with van der Waals surface area (Å²) in [5.74, 6) is -0.823. The Bertz CT molecular complexity index is 324. The molecule has 1 rings (SSSR count). The lowest BCUT2D eigenvalue weighted by molar-refractivity contribution is -0.136. The topological polar surface area (TPSA) is 76.2 Å². The number of aliphatic carboxylic acids is 1. The van der Waals surface area contributed by atoms with Crippen LogP contribution >= 0.6 is 23.1 Å². The number of thiazole rings is 1. The smallest absolute Gasteiger partial charge is 0.316 e. The van der Waals surface area contributed by atoms with Gasteiger partial charge in [0.15, 0.2) is 5.13 Å². The SMILES string of the molecule is Cc1nc(N)sc1SC(C)C(=O)O. The fourth-order valence-corrected chi connectivity index (χ4v) is 2.81. The van der Waals surface area contributed by atoms with Crippen molar-refractivity contribution in [3.63, 3.8) is 0 Å². The number of carboxylic acids is 1. The van der Waals surface area contributed by atoms with Crippen molar-refractivity contribution < 1.29 is 9.90 Å². The van der Waals surface area contributed by atoms with Gasteiger partial charge in [-0.1, -0.05) is 23.1 Å². The number of thioether (sulfide) groups is 1. The molecule has 0 aromatic carbocycles. The molecule has 0 aliphatic rings. The molecule has 0 aliphatic heterocycles. The Labute approximate surface area is 84.2 Å². The van der Waals surface area contributed by atoms with E-state index in [1.165, 1.54) is 23.1 Å². The van der Waals surface area contributed by atoms with Gasteiger partial charge in [-0.15, -0.1) is 0 Å². The number of carboxylic acid groups (broad SMARTS) is 1. The first-order valence-electron chi connectivity index (χ1n) is 3.63. The third kappa shape index (κ3) is 2.60. The number of nitrogen functional groups attached to an aromatic ring is 1. The zero-order chi connectivity index (χ0) is 10.0. The Hall–Kier alpha value is -0.750. The van der Waals surface area contributed by atoms with Crippen molar-refractivity contribution in [2.75, 3.05) is 5.73 Å². The summed E-state index contributed by atoms with van der Waals surface area (Å²) in [7, 11) is 0. The maximum atomic E-state index is 10.6. The van der Waals surface area contributed by atoms with Crippen LogP contribution in [0, 0.1) is 6.92 Å². The molecule has 0 saturated carbocycles. The normalized spacial score (nSPS) is 12.8. The lowest BCUT2D eigenvalue weighted by Gasteiger charge is -2.02. The fourth-order valence-electron chi connectivity index (χ4n) is 0.723. The number of anilines is 1. The molecule has 0 radical (unpaired) electrons. The van der Waals surface area contributed by atoms with E-state index in [0.29, 0.717) is 5.13 Å². The van der Waals surface area contributed by atoms with Crippen LogP contribution in [-0.2, 0) is 4.79 Å². The van der Waals surface area contributed by atoms with E-state index < -0.39 is 11.2 Å². The lowest BCUT2D eigenvalue weighted by atomic mass is 10.5. The van der Waals surface area contributed by atoms with Crippen molar-refractivity contribution in [2.24, 2.45) is 0 Å². The first-order chi connectivity index (χ1) is 6.00. The van der Waals surface area contributed by atoms with Crippen LogP contribution in [0.2, 0.25) is 0 Å². The van der Waals surface area contributed by atoms with E-state index in [1.807, 2.05) is 6.92 Å². The summed E-state index contributed by atoms with van der Waals surface area (Å²) in [5, 5.41) is 8.70. The third-order valence-corrected chi connectivity index (χ3v) is 3.79. The molecule has 72 valence electrons. The fraction of sp³-hybridized carbons (Fsp3) is 0.429. The summed E-state index contributed by atoms with van der Waals surface area (Å²) in [4.78, 5) is 14.6. The van der Waals surface area contributed by atoms with Gasteiger partial charge in [0.2, 0.25) is 0 Å². The third-order valence-electron chi connectivity index (χ3n) is 1.40. The second-order valence-electron chi connectivity index (χ2n) is 2.52. The van der Waals surface area contributed by atoms with Gasteiger partial charge < -0.3 is 10.8 Å². The predicted octanol–water partition coefficient (Wildman–Crippen LogP) is 1.60. The molecular formula is C7H10N2O2S2. The number of aryl methyl sites for hydroxylation is 1. The van der Waals surface area contributed by atoms with Crippen LogP contribution in [-0.4, -0.2) is 21.3 Å². The number of nitrogens with two attached hydrogens (primary N) is 1. The van der Waals surface area contributed by atoms with Gasteiger partial charge >= 0.3 is 5.97 Å². The largest absolute Gasteiger partial charge is 0.480 e. The van der Waals surface area contributed by atoms with E-state index in [-0.39, 0.29) is 0 Å². The van der Waals surface area contributed by atoms with Gasteiger partial charge in [-0.25, -0.2) is 4.98 Å². The minimum absolute atomic E-state index is 0.460. The van der Waals surface area contributed by atoms with Gasteiger partial charge in [-0.3, -0.25) is 4.79 Å². The zero-order valence-corrected chi connectivity index (χ0v) is 8.91. The van der Waals surface area contributed by atoms with Crippen molar-refractivity contribution >= 4 is 34.2 Å². The minimum Gasteiger partial charge on any atom is -0.480 e. The summed E-state index contributed by atoms with van der Waals surface area (Å²) in [5.41, 5.74) is 6.28. The molecule has 1 heterocycles. The van der Waals surface area contributed by atoms with E-state index in [9.17, 15) is 4.79 Å². The molecule has 1 aromatic heterocycles. The van der Waals surface area contributed by atoms with E-state index in [4.69, 9.17) is 10.8 Å². The highest BCUT2D eigenvalue weighted by molar-refractivity contribution is 8.02. The van der Waals surface area contributed by atoms with Crippen LogP contribution in [0.25, 0.3) is 0 Å². The molecular weight excluding hydrogens is 208 g/mol. The van der Waals surface area contributed by atoms with E-state index >= 15 is 0 Å². The minimum atomic E-state index is -0.823. The Kier molecular flexibility index (Phi) is 3.16. The van der Waals surface area contributed by atoms with Crippen molar-refractivity contribution in [2.45, 2.75) is 23.3 Å². The zero-order valence-electron chi connectivity index (χ0n) is 7.27. The van der Waals surface area contributed by atoms with Gasteiger partial charge in [0.05, 0.1) is 9.90 Å². The highest BCUT2D eigenvalue weighted by Gasteiger charge is 2.16. The Balaban J connectivity index is 2.74. The van der Waals surface area contributed by atoms with Crippen LogP contribution < -0.4 is 5.73 Å².